The minimum atomic E-state index is -0.986. The Kier molecular flexibility index (Phi) is 7.00. The Labute approximate surface area is 208 Å². The van der Waals surface area contributed by atoms with E-state index in [1.165, 1.54) is 11.8 Å². The molecule has 2 N–H and O–H groups in total. The zero-order valence-electron chi connectivity index (χ0n) is 19.1. The fraction of sp³-hybridized carbons (Fsp3) is 0.172. The van der Waals surface area contributed by atoms with Crippen molar-refractivity contribution in [3.05, 3.63) is 119 Å². The first-order valence-corrected chi connectivity index (χ1v) is 12.6. The monoisotopic (exact) mass is 482 g/mol. The number of hydrogen-bond donors (Lipinski definition) is 2. The van der Waals surface area contributed by atoms with Crippen molar-refractivity contribution >= 4 is 23.8 Å². The van der Waals surface area contributed by atoms with Crippen LogP contribution >= 0.6 is 11.8 Å². The summed E-state index contributed by atoms with van der Waals surface area (Å²) in [5, 5.41) is 10.5. The fourth-order valence-corrected chi connectivity index (χ4v) is 5.21. The number of nitrogens with zero attached hydrogens (tertiary/aromatic N) is 1. The molecular weight excluding hydrogens is 456 g/mol. The molecule has 0 aliphatic heterocycles. The summed E-state index contributed by atoms with van der Waals surface area (Å²) >= 11 is 1.36. The largest absolute Gasteiger partial charge is 0.478 e. The van der Waals surface area contributed by atoms with Crippen LogP contribution in [0.2, 0.25) is 0 Å². The number of fused-ring (bicyclic) bond motifs is 1. The second kappa shape index (κ2) is 10.7. The van der Waals surface area contributed by atoms with E-state index in [4.69, 9.17) is 9.72 Å². The molecule has 3 aromatic carbocycles. The van der Waals surface area contributed by atoms with Gasteiger partial charge in [-0.2, -0.15) is 0 Å². The molecule has 0 saturated heterocycles. The Morgan fingerprint density at radius 2 is 1.71 bits per heavy atom. The van der Waals surface area contributed by atoms with Crippen LogP contribution in [-0.2, 0) is 11.2 Å². The zero-order chi connectivity index (χ0) is 24.0. The van der Waals surface area contributed by atoms with E-state index in [1.54, 1.807) is 0 Å². The number of carboxylic acid groups (broad SMARTS) is 1. The average Bonchev–Trinajstić information content (AvgIpc) is 3.36. The number of H-pyrrole nitrogens is 1. The third-order valence-corrected chi connectivity index (χ3v) is 7.03. The van der Waals surface area contributed by atoms with Gasteiger partial charge in [-0.15, -0.1) is 0 Å². The summed E-state index contributed by atoms with van der Waals surface area (Å²) in [5.74, 6) is -0.116. The van der Waals surface area contributed by atoms with Crippen molar-refractivity contribution in [1.29, 1.82) is 0 Å². The fourth-order valence-electron chi connectivity index (χ4n) is 4.38. The van der Waals surface area contributed by atoms with Crippen LogP contribution in [-0.4, -0.2) is 32.9 Å². The topological polar surface area (TPSA) is 75.2 Å². The van der Waals surface area contributed by atoms with Gasteiger partial charge in [0.15, 0.2) is 5.16 Å². The Hall–Kier alpha value is -3.77. The number of thioether (sulfide) groups is 1. The summed E-state index contributed by atoms with van der Waals surface area (Å²) < 4.78 is 5.99. The normalized spacial score (nSPS) is 13.4. The van der Waals surface area contributed by atoms with Gasteiger partial charge in [0, 0.05) is 17.5 Å². The van der Waals surface area contributed by atoms with Crippen molar-refractivity contribution in [3.63, 3.8) is 0 Å². The molecule has 6 heteroatoms. The molecule has 0 saturated carbocycles. The molecule has 1 atom stereocenters. The molecule has 176 valence electrons. The first-order chi connectivity index (χ1) is 17.2. The molecule has 1 unspecified atom stereocenters. The maximum Gasteiger partial charge on any atom is 0.345 e. The summed E-state index contributed by atoms with van der Waals surface area (Å²) in [7, 11) is 0. The number of imidazole rings is 1. The van der Waals surface area contributed by atoms with Gasteiger partial charge in [-0.1, -0.05) is 96.7 Å². The predicted octanol–water partition coefficient (Wildman–Crippen LogP) is 6.17. The van der Waals surface area contributed by atoms with Crippen LogP contribution in [0.1, 0.15) is 40.3 Å². The van der Waals surface area contributed by atoms with Crippen LogP contribution in [0.25, 0.3) is 6.08 Å². The number of aromatic nitrogens is 2. The molecule has 0 radical (unpaired) electrons. The van der Waals surface area contributed by atoms with Crippen LogP contribution in [0.3, 0.4) is 0 Å². The number of benzene rings is 3. The van der Waals surface area contributed by atoms with E-state index in [2.05, 4.69) is 41.4 Å². The van der Waals surface area contributed by atoms with Crippen molar-refractivity contribution < 1.29 is 14.6 Å². The molecule has 0 spiro atoms. The number of carboxylic acids is 1. The third kappa shape index (κ3) is 5.33. The lowest BCUT2D eigenvalue weighted by Crippen LogP contribution is -2.30. The Morgan fingerprint density at radius 1 is 1.00 bits per heavy atom. The first kappa shape index (κ1) is 23.0. The molecular formula is C29H26N2O3S. The summed E-state index contributed by atoms with van der Waals surface area (Å²) in [5.41, 5.74) is 5.35. The lowest BCUT2D eigenvalue weighted by Gasteiger charge is -2.20. The van der Waals surface area contributed by atoms with E-state index >= 15 is 0 Å². The van der Waals surface area contributed by atoms with Gasteiger partial charge in [0.05, 0.1) is 11.6 Å². The van der Waals surface area contributed by atoms with Crippen molar-refractivity contribution in [1.82, 2.24) is 9.97 Å². The van der Waals surface area contributed by atoms with Crippen LogP contribution in [0.15, 0.2) is 96.3 Å². The van der Waals surface area contributed by atoms with Crippen molar-refractivity contribution in [2.24, 2.45) is 0 Å². The highest BCUT2D eigenvalue weighted by atomic mass is 32.2. The zero-order valence-corrected chi connectivity index (χ0v) is 19.9. The van der Waals surface area contributed by atoms with E-state index in [0.29, 0.717) is 10.9 Å². The summed E-state index contributed by atoms with van der Waals surface area (Å²) in [4.78, 5) is 20.0. The van der Waals surface area contributed by atoms with E-state index in [9.17, 15) is 9.90 Å². The molecule has 0 fully saturated rings. The number of aromatic amines is 1. The molecule has 35 heavy (non-hydrogen) atoms. The SMILES string of the molecule is O=C(O)C(CSc1nc(C(c2ccccc2)c2ccccc2)c[nH]1)Oc1cccc2c1CCC=C2. The highest BCUT2D eigenvalue weighted by Gasteiger charge is 2.24. The minimum Gasteiger partial charge on any atom is -0.478 e. The Bertz CT molecular complexity index is 1280. The van der Waals surface area contributed by atoms with Gasteiger partial charge in [-0.05, 0) is 35.6 Å². The molecule has 1 aromatic heterocycles. The maximum atomic E-state index is 12.0. The molecule has 1 aliphatic carbocycles. The van der Waals surface area contributed by atoms with Crippen LogP contribution in [0.5, 0.6) is 5.75 Å². The summed E-state index contributed by atoms with van der Waals surface area (Å²) in [6, 6.07) is 26.3. The minimum absolute atomic E-state index is 0.0154. The molecule has 1 heterocycles. The lowest BCUT2D eigenvalue weighted by atomic mass is 9.89. The van der Waals surface area contributed by atoms with Gasteiger partial charge in [0.2, 0.25) is 6.10 Å². The second-order valence-corrected chi connectivity index (χ2v) is 9.41. The van der Waals surface area contributed by atoms with E-state index in [1.807, 2.05) is 60.8 Å². The smallest absolute Gasteiger partial charge is 0.345 e. The molecule has 0 amide bonds. The average molecular weight is 483 g/mol. The van der Waals surface area contributed by atoms with Gasteiger partial charge in [0.1, 0.15) is 5.75 Å². The van der Waals surface area contributed by atoms with Gasteiger partial charge < -0.3 is 14.8 Å². The van der Waals surface area contributed by atoms with Gasteiger partial charge in [-0.3, -0.25) is 0 Å². The number of hydrogen-bond acceptors (Lipinski definition) is 4. The van der Waals surface area contributed by atoms with Crippen molar-refractivity contribution in [2.45, 2.75) is 30.0 Å². The molecule has 5 nitrogen and oxygen atoms in total. The van der Waals surface area contributed by atoms with E-state index < -0.39 is 12.1 Å². The number of carbonyl (C=O) groups is 1. The van der Waals surface area contributed by atoms with Crippen LogP contribution < -0.4 is 4.74 Å². The lowest BCUT2D eigenvalue weighted by molar-refractivity contribution is -0.143. The molecule has 0 bridgehead atoms. The van der Waals surface area contributed by atoms with Crippen molar-refractivity contribution in [3.8, 4) is 5.75 Å². The first-order valence-electron chi connectivity index (χ1n) is 11.6. The van der Waals surface area contributed by atoms with Crippen LogP contribution in [0, 0.1) is 0 Å². The second-order valence-electron chi connectivity index (χ2n) is 8.41. The van der Waals surface area contributed by atoms with E-state index in [0.717, 1.165) is 40.8 Å². The maximum absolute atomic E-state index is 12.0. The Balaban J connectivity index is 1.33. The van der Waals surface area contributed by atoms with Crippen LogP contribution in [0.4, 0.5) is 0 Å². The predicted molar refractivity (Wildman–Crippen MR) is 139 cm³/mol. The highest BCUT2D eigenvalue weighted by Crippen LogP contribution is 2.33. The van der Waals surface area contributed by atoms with Gasteiger partial charge in [0.25, 0.3) is 0 Å². The quantitative estimate of drug-likeness (QED) is 0.279. The highest BCUT2D eigenvalue weighted by molar-refractivity contribution is 7.99. The third-order valence-electron chi connectivity index (χ3n) is 6.08. The van der Waals surface area contributed by atoms with Gasteiger partial charge in [-0.25, -0.2) is 9.78 Å². The number of allylic oxidation sites excluding steroid dienone is 1. The number of aliphatic carboxylic acids is 1. The number of rotatable bonds is 9. The summed E-state index contributed by atoms with van der Waals surface area (Å²) in [6.07, 6.45) is 6.90. The summed E-state index contributed by atoms with van der Waals surface area (Å²) in [6.45, 7) is 0. The molecule has 4 aromatic rings. The van der Waals surface area contributed by atoms with E-state index in [-0.39, 0.29) is 11.7 Å². The number of nitrogens with one attached hydrogen (secondary N) is 1. The molecule has 1 aliphatic rings. The van der Waals surface area contributed by atoms with Gasteiger partial charge >= 0.3 is 5.97 Å². The van der Waals surface area contributed by atoms with Crippen molar-refractivity contribution in [2.75, 3.05) is 5.75 Å². The number of ether oxygens (including phenoxy) is 1. The Morgan fingerprint density at radius 3 is 2.40 bits per heavy atom. The molecule has 5 rings (SSSR count). The standard InChI is InChI=1S/C29H26N2O3S/c32-28(33)26(34-25-17-9-15-20-10-7-8-16-23(20)25)19-35-29-30-18-24(31-29)27(21-11-3-1-4-12-21)22-13-5-2-6-14-22/h1-7,9-15,17-18,26-27H,8,16,19H2,(H,30,31)(H,32,33).